The monoisotopic (exact) mass is 130 g/mol. The first kappa shape index (κ1) is 5.95. The second kappa shape index (κ2) is 1.65. The Morgan fingerprint density at radius 1 is 1.75 bits per heavy atom. The highest BCUT2D eigenvalue weighted by Gasteiger charge is 2.25. The number of rotatable bonds is 0. The van der Waals surface area contributed by atoms with Gasteiger partial charge in [-0.3, -0.25) is 5.41 Å². The third-order valence-electron chi connectivity index (χ3n) is 1.03. The van der Waals surface area contributed by atoms with E-state index in [-0.39, 0.29) is 4.87 Å². The Bertz CT molecular complexity index is 120. The lowest BCUT2D eigenvalue weighted by molar-refractivity contribution is 0.680. The van der Waals surface area contributed by atoms with Crippen molar-refractivity contribution in [1.82, 2.24) is 5.32 Å². The zero-order valence-corrected chi connectivity index (χ0v) is 5.93. The molecular weight excluding hydrogens is 120 g/mol. The lowest BCUT2D eigenvalue weighted by Gasteiger charge is -2.15. The summed E-state index contributed by atoms with van der Waals surface area (Å²) in [5, 5.41) is 10.2. The van der Waals surface area contributed by atoms with E-state index in [1.54, 1.807) is 11.8 Å². The topological polar surface area (TPSA) is 35.9 Å². The van der Waals surface area contributed by atoms with Crippen LogP contribution in [0.25, 0.3) is 0 Å². The van der Waals surface area contributed by atoms with Crippen LogP contribution in [0.3, 0.4) is 0 Å². The third-order valence-corrected chi connectivity index (χ3v) is 2.29. The van der Waals surface area contributed by atoms with E-state index < -0.39 is 0 Å². The Morgan fingerprint density at radius 2 is 2.38 bits per heavy atom. The van der Waals surface area contributed by atoms with Gasteiger partial charge in [-0.2, -0.15) is 0 Å². The molecule has 0 aromatic rings. The molecular formula is C5H10N2S. The molecule has 1 aliphatic rings. The summed E-state index contributed by atoms with van der Waals surface area (Å²) in [7, 11) is 0. The first-order chi connectivity index (χ1) is 3.60. The van der Waals surface area contributed by atoms with Gasteiger partial charge in [-0.25, -0.2) is 0 Å². The van der Waals surface area contributed by atoms with Gasteiger partial charge in [0, 0.05) is 0 Å². The fraction of sp³-hybridized carbons (Fsp3) is 0.800. The van der Waals surface area contributed by atoms with Crippen LogP contribution >= 0.6 is 11.8 Å². The average Bonchev–Trinajstić information content (AvgIpc) is 1.82. The number of thioether (sulfide) groups is 1. The highest BCUT2D eigenvalue weighted by molar-refractivity contribution is 8.01. The van der Waals surface area contributed by atoms with Crippen molar-refractivity contribution in [2.75, 3.05) is 5.75 Å². The maximum Gasteiger partial charge on any atom is 0.104 e. The molecule has 0 spiro atoms. The lowest BCUT2D eigenvalue weighted by atomic mass is 10.4. The van der Waals surface area contributed by atoms with Crippen molar-refractivity contribution in [3.05, 3.63) is 0 Å². The first-order valence-corrected chi connectivity index (χ1v) is 3.58. The van der Waals surface area contributed by atoms with Gasteiger partial charge in [-0.05, 0) is 13.8 Å². The van der Waals surface area contributed by atoms with E-state index in [9.17, 15) is 0 Å². The fourth-order valence-electron chi connectivity index (χ4n) is 0.688. The Morgan fingerprint density at radius 3 is 2.50 bits per heavy atom. The molecule has 0 unspecified atom stereocenters. The van der Waals surface area contributed by atoms with Crippen LogP contribution in [0, 0.1) is 5.41 Å². The van der Waals surface area contributed by atoms with Crippen LogP contribution in [0.1, 0.15) is 13.8 Å². The molecule has 0 atom stereocenters. The van der Waals surface area contributed by atoms with E-state index in [0.717, 1.165) is 5.75 Å². The van der Waals surface area contributed by atoms with E-state index in [1.165, 1.54) is 0 Å². The van der Waals surface area contributed by atoms with Gasteiger partial charge in [0.05, 0.1) is 10.6 Å². The normalized spacial score (nSPS) is 25.5. The van der Waals surface area contributed by atoms with Gasteiger partial charge >= 0.3 is 0 Å². The van der Waals surface area contributed by atoms with E-state index >= 15 is 0 Å². The zero-order valence-electron chi connectivity index (χ0n) is 5.12. The molecule has 1 heterocycles. The van der Waals surface area contributed by atoms with E-state index in [4.69, 9.17) is 5.41 Å². The van der Waals surface area contributed by atoms with E-state index in [1.807, 2.05) is 0 Å². The number of hydrogen-bond donors (Lipinski definition) is 2. The third kappa shape index (κ3) is 1.15. The number of amidine groups is 1. The predicted octanol–water partition coefficient (Wildman–Crippen LogP) is 1.04. The summed E-state index contributed by atoms with van der Waals surface area (Å²) in [6.45, 7) is 4.17. The van der Waals surface area contributed by atoms with Crippen molar-refractivity contribution in [3.63, 3.8) is 0 Å². The van der Waals surface area contributed by atoms with Crippen LogP contribution in [0.15, 0.2) is 0 Å². The highest BCUT2D eigenvalue weighted by Crippen LogP contribution is 2.25. The molecule has 3 heteroatoms. The second-order valence-corrected chi connectivity index (χ2v) is 4.00. The van der Waals surface area contributed by atoms with Gasteiger partial charge in [0.15, 0.2) is 0 Å². The molecule has 0 saturated carbocycles. The smallest absolute Gasteiger partial charge is 0.104 e. The van der Waals surface area contributed by atoms with Crippen LogP contribution in [-0.2, 0) is 0 Å². The van der Waals surface area contributed by atoms with Crippen LogP contribution in [0.4, 0.5) is 0 Å². The van der Waals surface area contributed by atoms with E-state index in [2.05, 4.69) is 19.2 Å². The first-order valence-electron chi connectivity index (χ1n) is 2.60. The molecule has 2 N–H and O–H groups in total. The summed E-state index contributed by atoms with van der Waals surface area (Å²) in [4.78, 5) is 0.108. The van der Waals surface area contributed by atoms with Gasteiger partial charge in [0.25, 0.3) is 0 Å². The molecule has 1 saturated heterocycles. The number of hydrogen-bond acceptors (Lipinski definition) is 2. The van der Waals surface area contributed by atoms with Crippen LogP contribution in [-0.4, -0.2) is 16.5 Å². The molecule has 0 bridgehead atoms. The van der Waals surface area contributed by atoms with Crippen LogP contribution in [0.5, 0.6) is 0 Å². The quantitative estimate of drug-likeness (QED) is 0.514. The summed E-state index contributed by atoms with van der Waals surface area (Å²) in [5.41, 5.74) is 0. The maximum absolute atomic E-state index is 7.17. The van der Waals surface area contributed by atoms with Gasteiger partial charge < -0.3 is 5.32 Å². The van der Waals surface area contributed by atoms with E-state index in [0.29, 0.717) is 5.84 Å². The molecule has 1 rings (SSSR count). The average molecular weight is 130 g/mol. The minimum absolute atomic E-state index is 0.108. The summed E-state index contributed by atoms with van der Waals surface area (Å²) >= 11 is 1.77. The molecule has 1 fully saturated rings. The summed E-state index contributed by atoms with van der Waals surface area (Å²) in [6, 6.07) is 0. The molecule has 0 aliphatic carbocycles. The van der Waals surface area contributed by atoms with Crippen LogP contribution in [0.2, 0.25) is 0 Å². The molecule has 2 nitrogen and oxygen atoms in total. The van der Waals surface area contributed by atoms with Crippen molar-refractivity contribution < 1.29 is 0 Å². The van der Waals surface area contributed by atoms with Gasteiger partial charge in [0.1, 0.15) is 5.84 Å². The standard InChI is InChI=1S/C5H10N2S/c1-5(2)7-4(6)3-8-5/h3H2,1-2H3,(H2,6,7). The van der Waals surface area contributed by atoms with Gasteiger partial charge in [0.2, 0.25) is 0 Å². The van der Waals surface area contributed by atoms with Gasteiger partial charge in [-0.15, -0.1) is 11.8 Å². The van der Waals surface area contributed by atoms with Crippen LogP contribution < -0.4 is 5.32 Å². The molecule has 0 aromatic heterocycles. The SMILES string of the molecule is CC1(C)NC(=N)CS1. The van der Waals surface area contributed by atoms with Crippen molar-refractivity contribution in [1.29, 1.82) is 5.41 Å². The molecule has 8 heavy (non-hydrogen) atoms. The lowest BCUT2D eigenvalue weighted by Crippen LogP contribution is -2.32. The molecule has 0 amide bonds. The Kier molecular flexibility index (Phi) is 1.23. The second-order valence-electron chi connectivity index (χ2n) is 2.40. The molecule has 1 aliphatic heterocycles. The Balaban J connectivity index is 2.56. The van der Waals surface area contributed by atoms with Crippen molar-refractivity contribution in [3.8, 4) is 0 Å². The maximum atomic E-state index is 7.17. The number of nitrogens with one attached hydrogen (secondary N) is 2. The highest BCUT2D eigenvalue weighted by atomic mass is 32.2. The zero-order chi connectivity index (χ0) is 6.20. The predicted molar refractivity (Wildman–Crippen MR) is 37.4 cm³/mol. The largest absolute Gasteiger partial charge is 0.359 e. The van der Waals surface area contributed by atoms with Crippen molar-refractivity contribution in [2.45, 2.75) is 18.7 Å². The van der Waals surface area contributed by atoms with Crippen molar-refractivity contribution >= 4 is 17.6 Å². The Hall–Kier alpha value is -0.180. The Labute approximate surface area is 53.6 Å². The minimum atomic E-state index is 0.108. The summed E-state index contributed by atoms with van der Waals surface area (Å²) in [5.74, 6) is 1.49. The van der Waals surface area contributed by atoms with Crippen molar-refractivity contribution in [2.24, 2.45) is 0 Å². The molecule has 0 aromatic carbocycles. The molecule has 46 valence electrons. The molecule has 0 radical (unpaired) electrons. The summed E-state index contributed by atoms with van der Waals surface area (Å²) < 4.78 is 0. The summed E-state index contributed by atoms with van der Waals surface area (Å²) in [6.07, 6.45) is 0. The minimum Gasteiger partial charge on any atom is -0.359 e. The van der Waals surface area contributed by atoms with Gasteiger partial charge in [-0.1, -0.05) is 0 Å². The fourth-order valence-corrected chi connectivity index (χ4v) is 1.46.